The van der Waals surface area contributed by atoms with E-state index in [4.69, 9.17) is 4.74 Å². The predicted octanol–water partition coefficient (Wildman–Crippen LogP) is 3.38. The van der Waals surface area contributed by atoms with Gasteiger partial charge in [0.05, 0.1) is 24.1 Å². The molecule has 1 atom stereocenters. The van der Waals surface area contributed by atoms with Gasteiger partial charge < -0.3 is 10.1 Å². The molecule has 1 aliphatic rings. The molecular formula is C15H15FN2O. The van der Waals surface area contributed by atoms with Gasteiger partial charge in [0.2, 0.25) is 0 Å². The summed E-state index contributed by atoms with van der Waals surface area (Å²) in [5.41, 5.74) is 4.04. The summed E-state index contributed by atoms with van der Waals surface area (Å²) in [7, 11) is 0. The average molecular weight is 258 g/mol. The van der Waals surface area contributed by atoms with E-state index in [9.17, 15) is 4.39 Å². The largest absolute Gasteiger partial charge is 0.480 e. The fourth-order valence-corrected chi connectivity index (χ4v) is 2.37. The lowest BCUT2D eigenvalue weighted by molar-refractivity contribution is 0.204. The number of hydrogen-bond donors (Lipinski definition) is 1. The molecule has 1 aliphatic heterocycles. The molecule has 0 saturated carbocycles. The molecule has 1 aromatic carbocycles. The molecule has 3 rings (SSSR count). The molecule has 0 amide bonds. The van der Waals surface area contributed by atoms with Crippen molar-refractivity contribution in [2.24, 2.45) is 0 Å². The van der Waals surface area contributed by atoms with E-state index in [1.807, 2.05) is 6.92 Å². The van der Waals surface area contributed by atoms with Crippen LogP contribution < -0.4 is 10.1 Å². The molecule has 0 saturated heterocycles. The van der Waals surface area contributed by atoms with Gasteiger partial charge in [0.1, 0.15) is 11.6 Å². The normalized spacial score (nSPS) is 17.3. The maximum absolute atomic E-state index is 12.9. The van der Waals surface area contributed by atoms with Crippen LogP contribution in [0.1, 0.15) is 22.9 Å². The van der Waals surface area contributed by atoms with Crippen LogP contribution in [0.5, 0.6) is 5.75 Å². The number of rotatable bonds is 1. The minimum atomic E-state index is -0.334. The smallest absolute Gasteiger partial charge is 0.158 e. The van der Waals surface area contributed by atoms with E-state index in [0.29, 0.717) is 6.54 Å². The first kappa shape index (κ1) is 12.0. The van der Waals surface area contributed by atoms with Crippen molar-refractivity contribution < 1.29 is 9.13 Å². The molecule has 0 fully saturated rings. The molecule has 19 heavy (non-hydrogen) atoms. The zero-order valence-corrected chi connectivity index (χ0v) is 10.9. The van der Waals surface area contributed by atoms with Crippen molar-refractivity contribution in [3.8, 4) is 5.75 Å². The average Bonchev–Trinajstić information content (AvgIpc) is 2.39. The number of fused-ring (bicyclic) bond motifs is 1. The Hall–Kier alpha value is -2.10. The Bertz CT molecular complexity index is 610. The highest BCUT2D eigenvalue weighted by atomic mass is 19.1. The standard InChI is InChI=1S/C15H15FN2O/c1-9-5-10(2)15-13(6-9)18-8-14(19-15)12-4-3-11(16)7-17-12/h3-7,14,18H,8H2,1-2H3. The topological polar surface area (TPSA) is 34.2 Å². The Balaban J connectivity index is 1.92. The molecule has 0 radical (unpaired) electrons. The highest BCUT2D eigenvalue weighted by Gasteiger charge is 2.23. The number of hydrogen-bond acceptors (Lipinski definition) is 3. The van der Waals surface area contributed by atoms with Gasteiger partial charge in [-0.2, -0.15) is 0 Å². The van der Waals surface area contributed by atoms with Crippen molar-refractivity contribution in [2.75, 3.05) is 11.9 Å². The molecule has 3 nitrogen and oxygen atoms in total. The number of anilines is 1. The summed E-state index contributed by atoms with van der Waals surface area (Å²) in [6.07, 6.45) is 1.03. The summed E-state index contributed by atoms with van der Waals surface area (Å²) in [4.78, 5) is 4.08. The second-order valence-electron chi connectivity index (χ2n) is 4.85. The molecule has 1 N–H and O–H groups in total. The summed E-state index contributed by atoms with van der Waals surface area (Å²) in [6.45, 7) is 4.71. The van der Waals surface area contributed by atoms with Crippen LogP contribution in [0, 0.1) is 19.7 Å². The van der Waals surface area contributed by atoms with Crippen molar-refractivity contribution in [1.29, 1.82) is 0 Å². The molecule has 98 valence electrons. The quantitative estimate of drug-likeness (QED) is 0.851. The zero-order valence-electron chi connectivity index (χ0n) is 10.9. The van der Waals surface area contributed by atoms with E-state index in [-0.39, 0.29) is 11.9 Å². The van der Waals surface area contributed by atoms with Gasteiger partial charge in [0, 0.05) is 0 Å². The summed E-state index contributed by atoms with van der Waals surface area (Å²) in [6, 6.07) is 7.22. The van der Waals surface area contributed by atoms with E-state index in [2.05, 4.69) is 29.4 Å². The third-order valence-electron chi connectivity index (χ3n) is 3.24. The molecule has 4 heteroatoms. The molecule has 0 spiro atoms. The van der Waals surface area contributed by atoms with E-state index < -0.39 is 0 Å². The minimum Gasteiger partial charge on any atom is -0.480 e. The van der Waals surface area contributed by atoms with Crippen LogP contribution in [0.2, 0.25) is 0 Å². The van der Waals surface area contributed by atoms with Crippen LogP contribution in [0.4, 0.5) is 10.1 Å². The number of benzene rings is 1. The highest BCUT2D eigenvalue weighted by Crippen LogP contribution is 2.37. The van der Waals surface area contributed by atoms with Crippen LogP contribution in [0.15, 0.2) is 30.5 Å². The van der Waals surface area contributed by atoms with Gasteiger partial charge in [-0.1, -0.05) is 6.07 Å². The third kappa shape index (κ3) is 2.26. The number of aryl methyl sites for hydroxylation is 2. The maximum atomic E-state index is 12.9. The molecular weight excluding hydrogens is 243 g/mol. The second kappa shape index (κ2) is 4.53. The number of aromatic nitrogens is 1. The molecule has 0 bridgehead atoms. The molecule has 1 aromatic heterocycles. The maximum Gasteiger partial charge on any atom is 0.158 e. The van der Waals surface area contributed by atoms with Gasteiger partial charge in [-0.3, -0.25) is 4.98 Å². The van der Waals surface area contributed by atoms with Crippen molar-refractivity contribution in [2.45, 2.75) is 20.0 Å². The van der Waals surface area contributed by atoms with Gasteiger partial charge in [-0.25, -0.2) is 4.39 Å². The van der Waals surface area contributed by atoms with E-state index >= 15 is 0 Å². The number of halogens is 1. The summed E-state index contributed by atoms with van der Waals surface area (Å²) < 4.78 is 18.9. The van der Waals surface area contributed by atoms with Crippen LogP contribution in [-0.4, -0.2) is 11.5 Å². The number of nitrogens with zero attached hydrogens (tertiary/aromatic N) is 1. The lowest BCUT2D eigenvalue weighted by atomic mass is 10.1. The first-order valence-electron chi connectivity index (χ1n) is 6.27. The lowest BCUT2D eigenvalue weighted by Gasteiger charge is -2.28. The molecule has 0 aliphatic carbocycles. The van der Waals surface area contributed by atoms with Gasteiger partial charge in [0.15, 0.2) is 6.10 Å². The number of ether oxygens (including phenoxy) is 1. The second-order valence-corrected chi connectivity index (χ2v) is 4.85. The van der Waals surface area contributed by atoms with Gasteiger partial charge in [-0.15, -0.1) is 0 Å². The van der Waals surface area contributed by atoms with Gasteiger partial charge in [-0.05, 0) is 43.2 Å². The van der Waals surface area contributed by atoms with E-state index in [0.717, 1.165) is 22.7 Å². The van der Waals surface area contributed by atoms with Crippen molar-refractivity contribution in [1.82, 2.24) is 4.98 Å². The summed E-state index contributed by atoms with van der Waals surface area (Å²) in [5.74, 6) is 0.521. The Morgan fingerprint density at radius 3 is 2.89 bits per heavy atom. The fraction of sp³-hybridized carbons (Fsp3) is 0.267. The third-order valence-corrected chi connectivity index (χ3v) is 3.24. The molecule has 2 aromatic rings. The summed E-state index contributed by atoms with van der Waals surface area (Å²) in [5, 5.41) is 3.35. The van der Waals surface area contributed by atoms with Crippen LogP contribution in [-0.2, 0) is 0 Å². The first-order chi connectivity index (χ1) is 9.13. The Morgan fingerprint density at radius 2 is 2.16 bits per heavy atom. The monoisotopic (exact) mass is 258 g/mol. The summed E-state index contributed by atoms with van der Waals surface area (Å²) >= 11 is 0. The minimum absolute atomic E-state index is 0.186. The number of pyridine rings is 1. The number of nitrogens with one attached hydrogen (secondary N) is 1. The Kier molecular flexibility index (Phi) is 2.85. The van der Waals surface area contributed by atoms with Crippen LogP contribution in [0.3, 0.4) is 0 Å². The first-order valence-corrected chi connectivity index (χ1v) is 6.27. The van der Waals surface area contributed by atoms with Crippen LogP contribution in [0.25, 0.3) is 0 Å². The van der Waals surface area contributed by atoms with Crippen molar-refractivity contribution >= 4 is 5.69 Å². The lowest BCUT2D eigenvalue weighted by Crippen LogP contribution is -2.25. The zero-order chi connectivity index (χ0) is 13.4. The Labute approximate surface area is 111 Å². The SMILES string of the molecule is Cc1cc(C)c2c(c1)NCC(c1ccc(F)cn1)O2. The highest BCUT2D eigenvalue weighted by molar-refractivity contribution is 5.63. The van der Waals surface area contributed by atoms with Gasteiger partial charge >= 0.3 is 0 Å². The Morgan fingerprint density at radius 1 is 1.32 bits per heavy atom. The fourth-order valence-electron chi connectivity index (χ4n) is 2.37. The van der Waals surface area contributed by atoms with Crippen molar-refractivity contribution in [3.63, 3.8) is 0 Å². The van der Waals surface area contributed by atoms with Crippen molar-refractivity contribution in [3.05, 3.63) is 53.1 Å². The molecule has 1 unspecified atom stereocenters. The van der Waals surface area contributed by atoms with Crippen LogP contribution >= 0.6 is 0 Å². The van der Waals surface area contributed by atoms with Gasteiger partial charge in [0.25, 0.3) is 0 Å². The van der Waals surface area contributed by atoms with E-state index in [1.165, 1.54) is 17.8 Å². The van der Waals surface area contributed by atoms with E-state index in [1.54, 1.807) is 6.07 Å². The predicted molar refractivity (Wildman–Crippen MR) is 72.0 cm³/mol. The molecule has 2 heterocycles.